The van der Waals surface area contributed by atoms with Crippen LogP contribution in [0.2, 0.25) is 0 Å². The molecule has 5 heteroatoms. The Bertz CT molecular complexity index is 1060. The monoisotopic (exact) mass is 389 g/mol. The molecule has 0 aliphatic heterocycles. The second kappa shape index (κ2) is 8.50. The predicted molar refractivity (Wildman–Crippen MR) is 116 cm³/mol. The van der Waals surface area contributed by atoms with Crippen LogP contribution in [0.15, 0.2) is 66.3 Å². The molecule has 4 nitrogen and oxygen atoms in total. The fourth-order valence-corrected chi connectivity index (χ4v) is 4.12. The Hall–Kier alpha value is -2.76. The molecule has 142 valence electrons. The van der Waals surface area contributed by atoms with Gasteiger partial charge in [-0.3, -0.25) is 4.98 Å². The van der Waals surface area contributed by atoms with Gasteiger partial charge in [0.2, 0.25) is 0 Å². The highest BCUT2D eigenvalue weighted by atomic mass is 32.1. The van der Waals surface area contributed by atoms with E-state index >= 15 is 0 Å². The van der Waals surface area contributed by atoms with Gasteiger partial charge in [0.1, 0.15) is 10.8 Å². The van der Waals surface area contributed by atoms with E-state index in [9.17, 15) is 0 Å². The number of rotatable bonds is 7. The van der Waals surface area contributed by atoms with E-state index in [2.05, 4.69) is 40.7 Å². The molecule has 0 aliphatic carbocycles. The van der Waals surface area contributed by atoms with Gasteiger partial charge in [-0.05, 0) is 54.5 Å². The Kier molecular flexibility index (Phi) is 5.65. The molecule has 0 saturated carbocycles. The SMILES string of the molecule is COc1ccc(C[C@H](N)CCc2csc(-c3ccc4cnccc4c3)n2)cc1. The highest BCUT2D eigenvalue weighted by Gasteiger charge is 2.09. The fraction of sp³-hybridized carbons (Fsp3) is 0.217. The van der Waals surface area contributed by atoms with Crippen LogP contribution in [0.3, 0.4) is 0 Å². The Morgan fingerprint density at radius 2 is 1.93 bits per heavy atom. The molecule has 2 N–H and O–H groups in total. The summed E-state index contributed by atoms with van der Waals surface area (Å²) in [5.74, 6) is 0.872. The van der Waals surface area contributed by atoms with Gasteiger partial charge in [-0.2, -0.15) is 0 Å². The van der Waals surface area contributed by atoms with Gasteiger partial charge in [-0.1, -0.05) is 24.3 Å². The van der Waals surface area contributed by atoms with Gasteiger partial charge in [0.05, 0.1) is 12.8 Å². The molecule has 0 aliphatic rings. The average Bonchev–Trinajstić information content (AvgIpc) is 3.21. The molecule has 0 fully saturated rings. The van der Waals surface area contributed by atoms with E-state index in [0.29, 0.717) is 0 Å². The van der Waals surface area contributed by atoms with Crippen molar-refractivity contribution in [1.29, 1.82) is 0 Å². The molecule has 0 bridgehead atoms. The first-order chi connectivity index (χ1) is 13.7. The maximum absolute atomic E-state index is 6.34. The van der Waals surface area contributed by atoms with Gasteiger partial charge in [-0.25, -0.2) is 4.98 Å². The van der Waals surface area contributed by atoms with E-state index < -0.39 is 0 Å². The first-order valence-electron chi connectivity index (χ1n) is 9.38. The molecule has 4 aromatic rings. The summed E-state index contributed by atoms with van der Waals surface area (Å²) in [5.41, 5.74) is 9.84. The van der Waals surface area contributed by atoms with Crippen molar-refractivity contribution in [2.75, 3.05) is 7.11 Å². The second-order valence-electron chi connectivity index (χ2n) is 6.93. The van der Waals surface area contributed by atoms with Crippen molar-refractivity contribution in [3.05, 3.63) is 77.6 Å². The number of hydrogen-bond acceptors (Lipinski definition) is 5. The van der Waals surface area contributed by atoms with E-state index in [1.807, 2.05) is 30.6 Å². The lowest BCUT2D eigenvalue weighted by Gasteiger charge is -2.11. The zero-order chi connectivity index (χ0) is 19.3. The van der Waals surface area contributed by atoms with Crippen LogP contribution >= 0.6 is 11.3 Å². The summed E-state index contributed by atoms with van der Waals surface area (Å²) in [7, 11) is 1.68. The van der Waals surface area contributed by atoms with E-state index in [4.69, 9.17) is 15.5 Å². The lowest BCUT2D eigenvalue weighted by molar-refractivity contribution is 0.414. The van der Waals surface area contributed by atoms with Crippen LogP contribution in [-0.4, -0.2) is 23.1 Å². The van der Waals surface area contributed by atoms with Gasteiger partial charge in [-0.15, -0.1) is 11.3 Å². The topological polar surface area (TPSA) is 61.0 Å². The zero-order valence-corrected chi connectivity index (χ0v) is 16.7. The highest BCUT2D eigenvalue weighted by molar-refractivity contribution is 7.13. The molecule has 0 saturated heterocycles. The van der Waals surface area contributed by atoms with Crippen LogP contribution in [0.4, 0.5) is 0 Å². The molecule has 0 amide bonds. The zero-order valence-electron chi connectivity index (χ0n) is 15.8. The third-order valence-corrected chi connectivity index (χ3v) is 5.81. The average molecular weight is 390 g/mol. The summed E-state index contributed by atoms with van der Waals surface area (Å²) in [6.07, 6.45) is 6.38. The number of nitrogens with two attached hydrogens (primary N) is 1. The van der Waals surface area contributed by atoms with Gasteiger partial charge >= 0.3 is 0 Å². The molecule has 0 radical (unpaired) electrons. The molecule has 2 aromatic carbocycles. The van der Waals surface area contributed by atoms with Gasteiger partial charge < -0.3 is 10.5 Å². The van der Waals surface area contributed by atoms with Gasteiger partial charge in [0.25, 0.3) is 0 Å². The van der Waals surface area contributed by atoms with Crippen molar-refractivity contribution in [3.8, 4) is 16.3 Å². The molecule has 0 unspecified atom stereocenters. The number of aromatic nitrogens is 2. The summed E-state index contributed by atoms with van der Waals surface area (Å²) in [6.45, 7) is 0. The first-order valence-corrected chi connectivity index (χ1v) is 10.3. The minimum atomic E-state index is 0.117. The van der Waals surface area contributed by atoms with Gasteiger partial charge in [0, 0.05) is 34.8 Å². The summed E-state index contributed by atoms with van der Waals surface area (Å²) in [5, 5.41) is 5.53. The highest BCUT2D eigenvalue weighted by Crippen LogP contribution is 2.27. The van der Waals surface area contributed by atoms with Crippen LogP contribution in [0.25, 0.3) is 21.3 Å². The van der Waals surface area contributed by atoms with Crippen LogP contribution in [0, 0.1) is 0 Å². The smallest absolute Gasteiger partial charge is 0.123 e. The molecular formula is C23H23N3OS. The number of aryl methyl sites for hydroxylation is 1. The minimum Gasteiger partial charge on any atom is -0.497 e. The maximum atomic E-state index is 6.34. The number of fused-ring (bicyclic) bond motifs is 1. The molecule has 2 aromatic heterocycles. The second-order valence-corrected chi connectivity index (χ2v) is 7.79. The summed E-state index contributed by atoms with van der Waals surface area (Å²) in [6, 6.07) is 16.7. The third kappa shape index (κ3) is 4.38. The van der Waals surface area contributed by atoms with Crippen LogP contribution in [0.1, 0.15) is 17.7 Å². The largest absolute Gasteiger partial charge is 0.497 e. The lowest BCUT2D eigenvalue weighted by Crippen LogP contribution is -2.23. The standard InChI is InChI=1S/C23H23N3OS/c1-27-22-8-2-16(3-9-22)12-20(24)6-7-21-15-28-23(26-21)18-4-5-19-14-25-11-10-17(19)13-18/h2-5,8-11,13-15,20H,6-7,12,24H2,1H3/t20-/m1/s1. The van der Waals surface area contributed by atoms with Crippen molar-refractivity contribution in [1.82, 2.24) is 9.97 Å². The number of thiazole rings is 1. The fourth-order valence-electron chi connectivity index (χ4n) is 3.27. The molecule has 4 rings (SSSR count). The molecule has 2 heterocycles. The summed E-state index contributed by atoms with van der Waals surface area (Å²) >= 11 is 1.69. The third-order valence-electron chi connectivity index (χ3n) is 4.87. The normalized spacial score (nSPS) is 12.2. The Labute approximate surface area is 169 Å². The quantitative estimate of drug-likeness (QED) is 0.490. The summed E-state index contributed by atoms with van der Waals surface area (Å²) in [4.78, 5) is 8.99. The Morgan fingerprint density at radius 1 is 1.07 bits per heavy atom. The molecule has 28 heavy (non-hydrogen) atoms. The Balaban J connectivity index is 1.37. The minimum absolute atomic E-state index is 0.117. The van der Waals surface area contributed by atoms with Gasteiger partial charge in [0.15, 0.2) is 0 Å². The predicted octanol–water partition coefficient (Wildman–Crippen LogP) is 4.87. The van der Waals surface area contributed by atoms with Crippen molar-refractivity contribution in [3.63, 3.8) is 0 Å². The van der Waals surface area contributed by atoms with E-state index in [0.717, 1.165) is 46.7 Å². The number of nitrogens with zero attached hydrogens (tertiary/aromatic N) is 2. The molecule has 1 atom stereocenters. The van der Waals surface area contributed by atoms with Crippen molar-refractivity contribution in [2.45, 2.75) is 25.3 Å². The maximum Gasteiger partial charge on any atom is 0.123 e. The van der Waals surface area contributed by atoms with Crippen molar-refractivity contribution >= 4 is 22.1 Å². The number of ether oxygens (including phenoxy) is 1. The first kappa shape index (κ1) is 18.6. The number of methoxy groups -OCH3 is 1. The van der Waals surface area contributed by atoms with Crippen LogP contribution in [-0.2, 0) is 12.8 Å². The number of pyridine rings is 1. The van der Waals surface area contributed by atoms with Crippen molar-refractivity contribution in [2.24, 2.45) is 5.73 Å². The Morgan fingerprint density at radius 3 is 2.75 bits per heavy atom. The van der Waals surface area contributed by atoms with E-state index in [1.165, 1.54) is 10.9 Å². The van der Waals surface area contributed by atoms with Crippen LogP contribution in [0.5, 0.6) is 5.75 Å². The molecule has 0 spiro atoms. The summed E-state index contributed by atoms with van der Waals surface area (Å²) < 4.78 is 5.20. The molecular weight excluding hydrogens is 366 g/mol. The van der Waals surface area contributed by atoms with E-state index in [-0.39, 0.29) is 6.04 Å². The number of benzene rings is 2. The van der Waals surface area contributed by atoms with Crippen molar-refractivity contribution < 1.29 is 4.74 Å². The number of hydrogen-bond donors (Lipinski definition) is 1. The lowest BCUT2D eigenvalue weighted by atomic mass is 10.0. The van der Waals surface area contributed by atoms with E-state index in [1.54, 1.807) is 18.4 Å². The van der Waals surface area contributed by atoms with Crippen LogP contribution < -0.4 is 10.5 Å².